The molecule has 0 saturated carbocycles. The van der Waals surface area contributed by atoms with Crippen molar-refractivity contribution in [3.05, 3.63) is 58.1 Å². The molecule has 2 aromatic carbocycles. The van der Waals surface area contributed by atoms with Gasteiger partial charge in [0, 0.05) is 38.3 Å². The second kappa shape index (κ2) is 12.0. The van der Waals surface area contributed by atoms with Crippen LogP contribution in [0.15, 0.2) is 52.5 Å². The predicted octanol–water partition coefficient (Wildman–Crippen LogP) is 3.32. The third kappa shape index (κ3) is 6.18. The van der Waals surface area contributed by atoms with Crippen LogP contribution >= 0.6 is 0 Å². The topological polar surface area (TPSA) is 134 Å². The molecule has 0 radical (unpaired) electrons. The largest absolute Gasteiger partial charge is 0.497 e. The van der Waals surface area contributed by atoms with Gasteiger partial charge in [-0.25, -0.2) is 8.42 Å². The normalized spacial score (nSPS) is 16.6. The van der Waals surface area contributed by atoms with Gasteiger partial charge in [-0.3, -0.25) is 20.3 Å². The molecule has 0 spiro atoms. The van der Waals surface area contributed by atoms with Crippen molar-refractivity contribution in [2.75, 3.05) is 38.7 Å². The third-order valence-corrected chi connectivity index (χ3v) is 8.02. The van der Waals surface area contributed by atoms with E-state index < -0.39 is 20.9 Å². The lowest BCUT2D eigenvalue weighted by atomic mass is 9.98. The van der Waals surface area contributed by atoms with Gasteiger partial charge in [-0.15, -0.1) is 0 Å². The molecule has 0 aromatic heterocycles. The Morgan fingerprint density at radius 1 is 1.25 bits per heavy atom. The van der Waals surface area contributed by atoms with E-state index in [0.717, 1.165) is 11.6 Å². The van der Waals surface area contributed by atoms with Crippen LogP contribution in [0.25, 0.3) is 0 Å². The molecule has 0 bridgehead atoms. The molecule has 36 heavy (non-hydrogen) atoms. The van der Waals surface area contributed by atoms with Crippen molar-refractivity contribution in [3.63, 3.8) is 0 Å². The van der Waals surface area contributed by atoms with Crippen LogP contribution in [-0.2, 0) is 14.8 Å². The van der Waals surface area contributed by atoms with E-state index in [9.17, 15) is 23.3 Å². The number of piperidine rings is 1. The summed E-state index contributed by atoms with van der Waals surface area (Å²) in [5, 5.41) is 15.5. The minimum absolute atomic E-state index is 0.0227. The van der Waals surface area contributed by atoms with Gasteiger partial charge in [-0.2, -0.15) is 9.41 Å². The lowest BCUT2D eigenvalue weighted by Crippen LogP contribution is -2.46. The van der Waals surface area contributed by atoms with Crippen LogP contribution in [-0.4, -0.2) is 68.0 Å². The Balaban J connectivity index is 1.88. The first-order valence-electron chi connectivity index (χ1n) is 11.7. The number of nitrogens with one attached hydrogen (secondary N) is 1. The van der Waals surface area contributed by atoms with E-state index >= 15 is 0 Å². The summed E-state index contributed by atoms with van der Waals surface area (Å²) in [6.07, 6.45) is 2.61. The fraction of sp³-hybridized carbons (Fsp3) is 0.417. The van der Waals surface area contributed by atoms with Gasteiger partial charge in [-0.1, -0.05) is 0 Å². The second-order valence-corrected chi connectivity index (χ2v) is 10.2. The molecule has 0 unspecified atom stereocenters. The van der Waals surface area contributed by atoms with Crippen LogP contribution in [0.2, 0.25) is 0 Å². The van der Waals surface area contributed by atoms with Crippen molar-refractivity contribution in [2.45, 2.75) is 31.6 Å². The summed E-state index contributed by atoms with van der Waals surface area (Å²) < 4.78 is 33.6. The molecular formula is C24H31N5O6S. The number of sulfonamides is 1. The van der Waals surface area contributed by atoms with Crippen LogP contribution in [0.3, 0.4) is 0 Å². The number of ether oxygens (including phenoxy) is 1. The molecule has 11 nitrogen and oxygen atoms in total. The summed E-state index contributed by atoms with van der Waals surface area (Å²) in [7, 11) is -2.59. The number of anilines is 1. The number of benzene rings is 2. The molecule has 1 aliphatic heterocycles. The minimum atomic E-state index is -4.15. The van der Waals surface area contributed by atoms with E-state index in [0.29, 0.717) is 31.7 Å². The number of carbonyl (C=O) groups is 1. The molecule has 1 saturated heterocycles. The Kier molecular flexibility index (Phi) is 8.99. The zero-order chi connectivity index (χ0) is 26.3. The number of nitrogens with zero attached hydrogens (tertiary/aromatic N) is 4. The molecule has 1 atom stereocenters. The van der Waals surface area contributed by atoms with Crippen molar-refractivity contribution < 1.29 is 22.9 Å². The first kappa shape index (κ1) is 27.1. The summed E-state index contributed by atoms with van der Waals surface area (Å²) >= 11 is 0. The molecule has 1 aliphatic rings. The Morgan fingerprint density at radius 3 is 2.56 bits per heavy atom. The van der Waals surface area contributed by atoms with Crippen molar-refractivity contribution in [1.29, 1.82) is 0 Å². The highest BCUT2D eigenvalue weighted by atomic mass is 32.2. The zero-order valence-corrected chi connectivity index (χ0v) is 21.4. The van der Waals surface area contributed by atoms with Crippen LogP contribution in [0, 0.1) is 16.0 Å². The summed E-state index contributed by atoms with van der Waals surface area (Å²) in [6, 6.07) is 10.6. The van der Waals surface area contributed by atoms with Crippen LogP contribution in [0.5, 0.6) is 5.75 Å². The van der Waals surface area contributed by atoms with Crippen molar-refractivity contribution in [2.24, 2.45) is 11.0 Å². The maximum atomic E-state index is 13.6. The molecular weight excluding hydrogens is 486 g/mol. The first-order valence-corrected chi connectivity index (χ1v) is 13.2. The van der Waals surface area contributed by atoms with E-state index in [-0.39, 0.29) is 35.3 Å². The molecule has 1 fully saturated rings. The number of carbonyl (C=O) groups excluding carboxylic acids is 1. The molecule has 194 valence electrons. The highest BCUT2D eigenvalue weighted by molar-refractivity contribution is 7.89. The Labute approximate surface area is 210 Å². The van der Waals surface area contributed by atoms with E-state index in [2.05, 4.69) is 10.5 Å². The lowest BCUT2D eigenvalue weighted by molar-refractivity contribution is -0.385. The fourth-order valence-electron chi connectivity index (χ4n) is 4.09. The maximum absolute atomic E-state index is 13.6. The van der Waals surface area contributed by atoms with Gasteiger partial charge in [-0.05, 0) is 62.6 Å². The average molecular weight is 518 g/mol. The predicted molar refractivity (Wildman–Crippen MR) is 137 cm³/mol. The van der Waals surface area contributed by atoms with E-state index in [1.165, 1.54) is 22.7 Å². The molecule has 12 heteroatoms. The Hall–Kier alpha value is -3.51. The van der Waals surface area contributed by atoms with Gasteiger partial charge in [0.1, 0.15) is 10.6 Å². The maximum Gasteiger partial charge on any atom is 0.270 e. The van der Waals surface area contributed by atoms with Crippen molar-refractivity contribution in [3.8, 4) is 5.75 Å². The van der Waals surface area contributed by atoms with Crippen molar-refractivity contribution in [1.82, 2.24) is 9.21 Å². The molecule has 1 amide bonds. The molecule has 3 rings (SSSR count). The number of nitro benzene ring substituents is 1. The van der Waals surface area contributed by atoms with Gasteiger partial charge < -0.3 is 9.64 Å². The van der Waals surface area contributed by atoms with Crippen molar-refractivity contribution >= 4 is 33.5 Å². The standard InChI is InChI=1S/C24H31N5O6S/c1-4-27(5-2)24(30)19-7-6-14-28(17-19)36(33,34)23-15-20(29(31)32)10-13-22(23)26-25-16-18-8-11-21(35-3)12-9-18/h8-13,15-16,19,26H,4-7,14,17H2,1-3H3/b25-16-/t19-/m1/s1. The average Bonchev–Trinajstić information content (AvgIpc) is 2.89. The Morgan fingerprint density at radius 2 is 1.94 bits per heavy atom. The van der Waals surface area contributed by atoms with Crippen LogP contribution in [0.1, 0.15) is 32.3 Å². The molecule has 1 heterocycles. The van der Waals surface area contributed by atoms with Gasteiger partial charge >= 0.3 is 0 Å². The summed E-state index contributed by atoms with van der Waals surface area (Å²) in [5.74, 6) is 0.140. The number of nitro groups is 1. The monoisotopic (exact) mass is 517 g/mol. The number of amides is 1. The highest BCUT2D eigenvalue weighted by Gasteiger charge is 2.36. The quantitative estimate of drug-likeness (QED) is 0.290. The van der Waals surface area contributed by atoms with E-state index in [1.807, 2.05) is 13.8 Å². The zero-order valence-electron chi connectivity index (χ0n) is 20.6. The summed E-state index contributed by atoms with van der Waals surface area (Å²) in [4.78, 5) is 25.0. The third-order valence-electron chi connectivity index (χ3n) is 6.12. The van der Waals surface area contributed by atoms with E-state index in [1.54, 1.807) is 36.3 Å². The lowest BCUT2D eigenvalue weighted by Gasteiger charge is -2.34. The van der Waals surface area contributed by atoms with Gasteiger partial charge in [0.2, 0.25) is 15.9 Å². The van der Waals surface area contributed by atoms with Gasteiger partial charge in [0.25, 0.3) is 5.69 Å². The number of hydrogen-bond acceptors (Lipinski definition) is 8. The van der Waals surface area contributed by atoms with Crippen LogP contribution < -0.4 is 10.2 Å². The number of rotatable bonds is 10. The molecule has 0 aliphatic carbocycles. The Bertz CT molecular complexity index is 1210. The highest BCUT2D eigenvalue weighted by Crippen LogP contribution is 2.32. The second-order valence-electron chi connectivity index (χ2n) is 8.29. The molecule has 2 aromatic rings. The number of hydrogen-bond donors (Lipinski definition) is 1. The van der Waals surface area contributed by atoms with Gasteiger partial charge in [0.05, 0.1) is 29.9 Å². The first-order chi connectivity index (χ1) is 17.2. The smallest absolute Gasteiger partial charge is 0.270 e. The fourth-order valence-corrected chi connectivity index (χ4v) is 5.78. The molecule has 1 N–H and O–H groups in total. The number of non-ortho nitro benzene ring substituents is 1. The number of methoxy groups -OCH3 is 1. The summed E-state index contributed by atoms with van der Waals surface area (Å²) in [6.45, 7) is 5.10. The summed E-state index contributed by atoms with van der Waals surface area (Å²) in [5.41, 5.74) is 3.19. The number of hydrazone groups is 1. The minimum Gasteiger partial charge on any atom is -0.497 e. The van der Waals surface area contributed by atoms with Gasteiger partial charge in [0.15, 0.2) is 0 Å². The van der Waals surface area contributed by atoms with E-state index in [4.69, 9.17) is 4.74 Å². The SMILES string of the molecule is CCN(CC)C(=O)[C@@H]1CCCN(S(=O)(=O)c2cc([N+](=O)[O-])ccc2N/N=C\c2ccc(OC)cc2)C1. The van der Waals surface area contributed by atoms with Crippen LogP contribution in [0.4, 0.5) is 11.4 Å².